The first-order chi connectivity index (χ1) is 8.72. The summed E-state index contributed by atoms with van der Waals surface area (Å²) in [6, 6.07) is 8.41. The predicted octanol–water partition coefficient (Wildman–Crippen LogP) is 3.00. The minimum Gasteiger partial charge on any atom is -0.380 e. The monoisotopic (exact) mass is 261 g/mol. The summed E-state index contributed by atoms with van der Waals surface area (Å²) in [5, 5.41) is 5.47. The molecule has 1 aliphatic rings. The highest BCUT2D eigenvalue weighted by Crippen LogP contribution is 2.26. The predicted molar refractivity (Wildman–Crippen MR) is 76.3 cm³/mol. The molecule has 0 bridgehead atoms. The summed E-state index contributed by atoms with van der Waals surface area (Å²) in [5.74, 6) is 0. The number of fused-ring (bicyclic) bond motifs is 1. The van der Waals surface area contributed by atoms with Gasteiger partial charge in [0.25, 0.3) is 0 Å². The van der Waals surface area contributed by atoms with E-state index in [-0.39, 0.29) is 0 Å². The van der Waals surface area contributed by atoms with Crippen LogP contribution in [0.1, 0.15) is 6.42 Å². The summed E-state index contributed by atoms with van der Waals surface area (Å²) in [4.78, 5) is 6.70. The third kappa shape index (κ3) is 2.28. The highest BCUT2D eigenvalue weighted by molar-refractivity contribution is 6.31. The van der Waals surface area contributed by atoms with Gasteiger partial charge in [0.05, 0.1) is 5.52 Å². The second kappa shape index (κ2) is 4.75. The van der Waals surface area contributed by atoms with Crippen molar-refractivity contribution in [3.63, 3.8) is 0 Å². The Bertz CT molecular complexity index is 570. The Kier molecular flexibility index (Phi) is 3.10. The Morgan fingerprint density at radius 2 is 2.28 bits per heavy atom. The summed E-state index contributed by atoms with van der Waals surface area (Å²) in [6.07, 6.45) is 3.02. The molecule has 1 N–H and O–H groups in total. The number of likely N-dealkylation sites (N-methyl/N-ethyl adjacent to an activating group) is 1. The van der Waals surface area contributed by atoms with Crippen molar-refractivity contribution >= 4 is 28.2 Å². The number of halogens is 1. The molecule has 18 heavy (non-hydrogen) atoms. The van der Waals surface area contributed by atoms with Gasteiger partial charge in [-0.2, -0.15) is 0 Å². The van der Waals surface area contributed by atoms with Crippen molar-refractivity contribution in [2.75, 3.05) is 25.5 Å². The molecule has 0 saturated carbocycles. The summed E-state index contributed by atoms with van der Waals surface area (Å²) in [6.45, 7) is 2.25. The number of hydrogen-bond acceptors (Lipinski definition) is 3. The third-order valence-corrected chi connectivity index (χ3v) is 3.69. The molecule has 3 rings (SSSR count). The van der Waals surface area contributed by atoms with E-state index in [4.69, 9.17) is 11.6 Å². The van der Waals surface area contributed by atoms with Crippen molar-refractivity contribution in [2.45, 2.75) is 12.5 Å². The molecular formula is C14H16ClN3. The lowest BCUT2D eigenvalue weighted by molar-refractivity contribution is 0.414. The van der Waals surface area contributed by atoms with Crippen LogP contribution in [0.15, 0.2) is 30.5 Å². The molecule has 2 heterocycles. The molecule has 1 saturated heterocycles. The average Bonchev–Trinajstić information content (AvgIpc) is 2.75. The van der Waals surface area contributed by atoms with E-state index in [1.165, 1.54) is 6.42 Å². The summed E-state index contributed by atoms with van der Waals surface area (Å²) >= 11 is 5.99. The van der Waals surface area contributed by atoms with Gasteiger partial charge in [0, 0.05) is 34.9 Å². The molecular weight excluding hydrogens is 246 g/mol. The zero-order chi connectivity index (χ0) is 12.5. The van der Waals surface area contributed by atoms with Gasteiger partial charge in [0.2, 0.25) is 0 Å². The zero-order valence-corrected chi connectivity index (χ0v) is 11.1. The number of rotatable bonds is 2. The fourth-order valence-corrected chi connectivity index (χ4v) is 2.69. The number of nitrogens with one attached hydrogen (secondary N) is 1. The minimum atomic E-state index is 0.524. The maximum absolute atomic E-state index is 5.99. The van der Waals surface area contributed by atoms with Crippen molar-refractivity contribution < 1.29 is 0 Å². The van der Waals surface area contributed by atoms with Gasteiger partial charge < -0.3 is 10.2 Å². The van der Waals surface area contributed by atoms with Crippen molar-refractivity contribution in [3.8, 4) is 0 Å². The lowest BCUT2D eigenvalue weighted by Gasteiger charge is -2.15. The summed E-state index contributed by atoms with van der Waals surface area (Å²) < 4.78 is 0. The maximum atomic E-state index is 5.99. The average molecular weight is 262 g/mol. The first-order valence-corrected chi connectivity index (χ1v) is 6.59. The van der Waals surface area contributed by atoms with Crippen LogP contribution in [0.25, 0.3) is 10.9 Å². The molecule has 94 valence electrons. The number of likely N-dealkylation sites (tertiary alicyclic amines) is 1. The number of aromatic nitrogens is 1. The largest absolute Gasteiger partial charge is 0.380 e. The maximum Gasteiger partial charge on any atom is 0.0737 e. The number of benzene rings is 1. The first-order valence-electron chi connectivity index (χ1n) is 6.22. The van der Waals surface area contributed by atoms with E-state index in [0.717, 1.165) is 34.7 Å². The molecule has 1 aliphatic heterocycles. The lowest BCUT2D eigenvalue weighted by atomic mass is 10.1. The van der Waals surface area contributed by atoms with E-state index in [2.05, 4.69) is 22.2 Å². The van der Waals surface area contributed by atoms with E-state index >= 15 is 0 Å². The van der Waals surface area contributed by atoms with E-state index < -0.39 is 0 Å². The molecule has 0 aliphatic carbocycles. The molecule has 3 nitrogen and oxygen atoms in total. The Hall–Kier alpha value is -1.32. The molecule has 4 heteroatoms. The Morgan fingerprint density at radius 1 is 1.39 bits per heavy atom. The summed E-state index contributed by atoms with van der Waals surface area (Å²) in [7, 11) is 2.16. The SMILES string of the molecule is CN1CC[C@@H](Nc2ccnc3cc(Cl)ccc23)C1. The van der Waals surface area contributed by atoms with Gasteiger partial charge in [0.1, 0.15) is 0 Å². The number of nitrogens with zero attached hydrogens (tertiary/aromatic N) is 2. The molecule has 0 spiro atoms. The topological polar surface area (TPSA) is 28.2 Å². The second-order valence-corrected chi connectivity index (χ2v) is 5.35. The van der Waals surface area contributed by atoms with E-state index in [0.29, 0.717) is 6.04 Å². The molecule has 1 aromatic carbocycles. The highest BCUT2D eigenvalue weighted by atomic mass is 35.5. The Balaban J connectivity index is 1.92. The molecule has 0 unspecified atom stereocenters. The number of anilines is 1. The van der Waals surface area contributed by atoms with Gasteiger partial charge in [-0.3, -0.25) is 4.98 Å². The smallest absolute Gasteiger partial charge is 0.0737 e. The van der Waals surface area contributed by atoms with Crippen molar-refractivity contribution in [1.29, 1.82) is 0 Å². The van der Waals surface area contributed by atoms with Crippen molar-refractivity contribution in [3.05, 3.63) is 35.5 Å². The van der Waals surface area contributed by atoms with Gasteiger partial charge in [-0.15, -0.1) is 0 Å². The van der Waals surface area contributed by atoms with E-state index in [1.807, 2.05) is 30.5 Å². The van der Waals surface area contributed by atoms with Crippen LogP contribution in [0.5, 0.6) is 0 Å². The quantitative estimate of drug-likeness (QED) is 0.901. The number of pyridine rings is 1. The van der Waals surface area contributed by atoms with Crippen LogP contribution in [0.3, 0.4) is 0 Å². The van der Waals surface area contributed by atoms with Crippen LogP contribution < -0.4 is 5.32 Å². The van der Waals surface area contributed by atoms with Gasteiger partial charge in [-0.1, -0.05) is 11.6 Å². The standard InChI is InChI=1S/C14H16ClN3/c1-18-7-5-11(9-18)17-13-4-6-16-14-8-10(15)2-3-12(13)14/h2-4,6,8,11H,5,7,9H2,1H3,(H,16,17)/t11-/m1/s1. The lowest BCUT2D eigenvalue weighted by Crippen LogP contribution is -2.23. The normalized spacial score (nSPS) is 20.4. The van der Waals surface area contributed by atoms with Gasteiger partial charge >= 0.3 is 0 Å². The Morgan fingerprint density at radius 3 is 3.06 bits per heavy atom. The molecule has 0 radical (unpaired) electrons. The molecule has 1 aromatic heterocycles. The molecule has 1 fully saturated rings. The summed E-state index contributed by atoms with van der Waals surface area (Å²) in [5.41, 5.74) is 2.09. The zero-order valence-electron chi connectivity index (χ0n) is 10.4. The van der Waals surface area contributed by atoms with Crippen LogP contribution >= 0.6 is 11.6 Å². The third-order valence-electron chi connectivity index (χ3n) is 3.46. The number of hydrogen-bond donors (Lipinski definition) is 1. The van der Waals surface area contributed by atoms with Crippen molar-refractivity contribution in [2.24, 2.45) is 0 Å². The van der Waals surface area contributed by atoms with Crippen LogP contribution in [-0.2, 0) is 0 Å². The fraction of sp³-hybridized carbons (Fsp3) is 0.357. The van der Waals surface area contributed by atoms with Crippen molar-refractivity contribution in [1.82, 2.24) is 9.88 Å². The van der Waals surface area contributed by atoms with Crippen LogP contribution in [0.2, 0.25) is 5.02 Å². The molecule has 2 aromatic rings. The van der Waals surface area contributed by atoms with E-state index in [1.54, 1.807) is 0 Å². The molecule has 1 atom stereocenters. The van der Waals surface area contributed by atoms with Crippen LogP contribution in [0, 0.1) is 0 Å². The first kappa shape index (κ1) is 11.8. The Labute approximate surface area is 112 Å². The minimum absolute atomic E-state index is 0.524. The molecule has 0 amide bonds. The van der Waals surface area contributed by atoms with E-state index in [9.17, 15) is 0 Å². The highest BCUT2D eigenvalue weighted by Gasteiger charge is 2.19. The van der Waals surface area contributed by atoms with Gasteiger partial charge in [0.15, 0.2) is 0 Å². The fourth-order valence-electron chi connectivity index (χ4n) is 2.52. The van der Waals surface area contributed by atoms with Gasteiger partial charge in [-0.25, -0.2) is 0 Å². The second-order valence-electron chi connectivity index (χ2n) is 4.91. The van der Waals surface area contributed by atoms with Gasteiger partial charge in [-0.05, 0) is 44.3 Å². The van der Waals surface area contributed by atoms with Crippen LogP contribution in [-0.4, -0.2) is 36.1 Å². The van der Waals surface area contributed by atoms with Crippen LogP contribution in [0.4, 0.5) is 5.69 Å².